The van der Waals surface area contributed by atoms with Gasteiger partial charge >= 0.3 is 5.97 Å². The quantitative estimate of drug-likeness (QED) is 0.906. The van der Waals surface area contributed by atoms with Gasteiger partial charge < -0.3 is 9.52 Å². The topological polar surface area (TPSA) is 63.3 Å². The first-order chi connectivity index (χ1) is 8.00. The molecule has 0 aliphatic carbocycles. The molecule has 1 N–H and O–H groups in total. The molecule has 0 fully saturated rings. The monoisotopic (exact) mass is 271 g/mol. The molecule has 0 atom stereocenters. The van der Waals surface area contributed by atoms with Crippen LogP contribution in [-0.2, 0) is 0 Å². The van der Waals surface area contributed by atoms with Gasteiger partial charge in [-0.05, 0) is 19.1 Å². The van der Waals surface area contributed by atoms with Crippen LogP contribution in [0.3, 0.4) is 0 Å². The van der Waals surface area contributed by atoms with Crippen LogP contribution >= 0.6 is 23.2 Å². The molecule has 0 saturated heterocycles. The third-order valence-electron chi connectivity index (χ3n) is 2.17. The minimum Gasteiger partial charge on any atom is -0.475 e. The highest BCUT2D eigenvalue weighted by atomic mass is 35.5. The zero-order valence-electron chi connectivity index (χ0n) is 8.70. The summed E-state index contributed by atoms with van der Waals surface area (Å²) in [7, 11) is 0. The number of carboxylic acids is 1. The van der Waals surface area contributed by atoms with Crippen molar-refractivity contribution in [1.29, 1.82) is 0 Å². The van der Waals surface area contributed by atoms with E-state index in [0.717, 1.165) is 0 Å². The first-order valence-corrected chi connectivity index (χ1v) is 5.41. The molecule has 0 radical (unpaired) electrons. The Balaban J connectivity index is 2.62. The van der Waals surface area contributed by atoms with Crippen molar-refractivity contribution >= 4 is 29.2 Å². The Morgan fingerprint density at radius 3 is 2.41 bits per heavy atom. The number of carboxylic acid groups (broad SMARTS) is 1. The number of benzene rings is 1. The molecule has 0 amide bonds. The molecule has 1 heterocycles. The molecule has 88 valence electrons. The van der Waals surface area contributed by atoms with Crippen molar-refractivity contribution in [2.75, 3.05) is 0 Å². The molecule has 4 nitrogen and oxygen atoms in total. The Kier molecular flexibility index (Phi) is 3.09. The fourth-order valence-electron chi connectivity index (χ4n) is 1.40. The van der Waals surface area contributed by atoms with Gasteiger partial charge in [0.05, 0.1) is 21.3 Å². The van der Waals surface area contributed by atoms with Crippen molar-refractivity contribution < 1.29 is 14.3 Å². The molecule has 17 heavy (non-hydrogen) atoms. The maximum Gasteiger partial charge on any atom is 0.373 e. The number of hydrogen-bond donors (Lipinski definition) is 1. The molecular weight excluding hydrogens is 265 g/mol. The number of nitrogens with zero attached hydrogens (tertiary/aromatic N) is 1. The maximum atomic E-state index is 10.8. The third kappa shape index (κ3) is 2.14. The van der Waals surface area contributed by atoms with Gasteiger partial charge in [0, 0.05) is 0 Å². The molecule has 1 aromatic carbocycles. The van der Waals surface area contributed by atoms with Gasteiger partial charge in [0.1, 0.15) is 0 Å². The van der Waals surface area contributed by atoms with Gasteiger partial charge in [0.25, 0.3) is 0 Å². The summed E-state index contributed by atoms with van der Waals surface area (Å²) < 4.78 is 5.14. The normalized spacial score (nSPS) is 10.5. The number of aryl methyl sites for hydroxylation is 1. The van der Waals surface area contributed by atoms with Gasteiger partial charge in [-0.1, -0.05) is 29.3 Å². The second-order valence-corrected chi connectivity index (χ2v) is 4.15. The highest BCUT2D eigenvalue weighted by Crippen LogP contribution is 2.34. The average Bonchev–Trinajstić information content (AvgIpc) is 2.60. The first kappa shape index (κ1) is 12.0. The van der Waals surface area contributed by atoms with Gasteiger partial charge in [-0.25, -0.2) is 9.78 Å². The Morgan fingerprint density at radius 2 is 1.94 bits per heavy atom. The largest absolute Gasteiger partial charge is 0.475 e. The molecule has 0 spiro atoms. The zero-order valence-corrected chi connectivity index (χ0v) is 10.2. The number of carbonyl (C=O) groups is 1. The number of oxazole rings is 1. The Hall–Kier alpha value is -1.52. The Labute approximate surface area is 107 Å². The van der Waals surface area contributed by atoms with Gasteiger partial charge in [0.2, 0.25) is 11.7 Å². The van der Waals surface area contributed by atoms with Crippen LogP contribution in [0.5, 0.6) is 0 Å². The summed E-state index contributed by atoms with van der Waals surface area (Å²) in [5, 5.41) is 9.58. The van der Waals surface area contributed by atoms with Crippen LogP contribution in [0.1, 0.15) is 16.2 Å². The molecule has 0 aliphatic heterocycles. The lowest BCUT2D eigenvalue weighted by molar-refractivity contribution is 0.0662. The van der Waals surface area contributed by atoms with E-state index in [1.54, 1.807) is 25.1 Å². The van der Waals surface area contributed by atoms with Crippen molar-refractivity contribution in [3.63, 3.8) is 0 Å². The van der Waals surface area contributed by atoms with Crippen LogP contribution < -0.4 is 0 Å². The van der Waals surface area contributed by atoms with Crippen LogP contribution in [0, 0.1) is 6.92 Å². The lowest BCUT2D eigenvalue weighted by Gasteiger charge is -2.01. The number of hydrogen-bond acceptors (Lipinski definition) is 3. The molecule has 0 unspecified atom stereocenters. The lowest BCUT2D eigenvalue weighted by atomic mass is 10.2. The summed E-state index contributed by atoms with van der Waals surface area (Å²) in [4.78, 5) is 14.8. The van der Waals surface area contributed by atoms with E-state index in [1.165, 1.54) is 0 Å². The van der Waals surface area contributed by atoms with E-state index in [9.17, 15) is 4.79 Å². The van der Waals surface area contributed by atoms with Crippen molar-refractivity contribution in [1.82, 2.24) is 4.98 Å². The lowest BCUT2D eigenvalue weighted by Crippen LogP contribution is -1.95. The van der Waals surface area contributed by atoms with E-state index >= 15 is 0 Å². The van der Waals surface area contributed by atoms with Crippen LogP contribution in [0.2, 0.25) is 10.0 Å². The molecule has 2 aromatic rings. The Morgan fingerprint density at radius 1 is 1.35 bits per heavy atom. The van der Waals surface area contributed by atoms with Gasteiger partial charge in [-0.15, -0.1) is 0 Å². The van der Waals surface area contributed by atoms with Crippen LogP contribution in [-0.4, -0.2) is 16.1 Å². The standard InChI is InChI=1S/C11H7Cl2NO3/c1-5-9(11(15)16)17-10(14-5)8-6(12)3-2-4-7(8)13/h2-4H,1H3,(H,15,16). The third-order valence-corrected chi connectivity index (χ3v) is 2.80. The molecule has 0 saturated carbocycles. The van der Waals surface area contributed by atoms with E-state index in [0.29, 0.717) is 15.6 Å². The minimum absolute atomic E-state index is 0.107. The van der Waals surface area contributed by atoms with Crippen molar-refractivity contribution in [3.05, 3.63) is 39.7 Å². The summed E-state index contributed by atoms with van der Waals surface area (Å²) in [6.07, 6.45) is 0. The van der Waals surface area contributed by atoms with Crippen LogP contribution in [0.25, 0.3) is 11.5 Å². The highest BCUT2D eigenvalue weighted by Gasteiger charge is 2.20. The molecule has 6 heteroatoms. The van der Waals surface area contributed by atoms with Crippen LogP contribution in [0.4, 0.5) is 0 Å². The van der Waals surface area contributed by atoms with Gasteiger partial charge in [-0.2, -0.15) is 0 Å². The van der Waals surface area contributed by atoms with Crippen molar-refractivity contribution in [3.8, 4) is 11.5 Å². The SMILES string of the molecule is Cc1nc(-c2c(Cl)cccc2Cl)oc1C(=O)O. The summed E-state index contributed by atoms with van der Waals surface area (Å²) in [5.74, 6) is -1.28. The molecule has 1 aromatic heterocycles. The van der Waals surface area contributed by atoms with Gasteiger partial charge in [0.15, 0.2) is 0 Å². The second-order valence-electron chi connectivity index (χ2n) is 3.34. The summed E-state index contributed by atoms with van der Waals surface area (Å²) >= 11 is 11.9. The molecule has 0 aliphatic rings. The molecular formula is C11H7Cl2NO3. The highest BCUT2D eigenvalue weighted by molar-refractivity contribution is 6.38. The van der Waals surface area contributed by atoms with E-state index in [4.69, 9.17) is 32.7 Å². The minimum atomic E-state index is -1.18. The zero-order chi connectivity index (χ0) is 12.6. The van der Waals surface area contributed by atoms with Crippen molar-refractivity contribution in [2.24, 2.45) is 0 Å². The van der Waals surface area contributed by atoms with Gasteiger partial charge in [-0.3, -0.25) is 0 Å². The fraction of sp³-hybridized carbons (Fsp3) is 0.0909. The summed E-state index contributed by atoms with van der Waals surface area (Å²) in [5.41, 5.74) is 0.676. The predicted molar refractivity (Wildman–Crippen MR) is 63.7 cm³/mol. The fourth-order valence-corrected chi connectivity index (χ4v) is 1.96. The average molecular weight is 272 g/mol. The summed E-state index contributed by atoms with van der Waals surface area (Å²) in [6.45, 7) is 1.54. The molecule has 2 rings (SSSR count). The Bertz CT molecular complexity index is 572. The van der Waals surface area contributed by atoms with E-state index in [1.807, 2.05) is 0 Å². The number of aromatic nitrogens is 1. The molecule has 0 bridgehead atoms. The van der Waals surface area contributed by atoms with E-state index in [2.05, 4.69) is 4.98 Å². The smallest absolute Gasteiger partial charge is 0.373 e. The predicted octanol–water partition coefficient (Wildman–Crippen LogP) is 3.66. The first-order valence-electron chi connectivity index (χ1n) is 4.66. The number of aromatic carboxylic acids is 1. The second kappa shape index (κ2) is 4.39. The van der Waals surface area contributed by atoms with Crippen molar-refractivity contribution in [2.45, 2.75) is 6.92 Å². The summed E-state index contributed by atoms with van der Waals surface area (Å²) in [6, 6.07) is 4.94. The number of rotatable bonds is 2. The van der Waals surface area contributed by atoms with E-state index in [-0.39, 0.29) is 17.3 Å². The van der Waals surface area contributed by atoms with Crippen LogP contribution in [0.15, 0.2) is 22.6 Å². The maximum absolute atomic E-state index is 10.8. The van der Waals surface area contributed by atoms with E-state index < -0.39 is 5.97 Å². The number of halogens is 2.